The molecule has 0 unspecified atom stereocenters. The summed E-state index contributed by atoms with van der Waals surface area (Å²) in [4.78, 5) is 11.4. The van der Waals surface area contributed by atoms with Crippen molar-refractivity contribution in [3.05, 3.63) is 60.4 Å². The van der Waals surface area contributed by atoms with E-state index < -0.39 is 12.0 Å². The molecule has 1 saturated heterocycles. The Morgan fingerprint density at radius 3 is 2.19 bits per heavy atom. The zero-order valence-electron chi connectivity index (χ0n) is 16.2. The molecule has 11 heteroatoms. The van der Waals surface area contributed by atoms with Crippen LogP contribution in [-0.2, 0) is 6.18 Å². The van der Waals surface area contributed by atoms with Crippen LogP contribution in [0, 0.1) is 0 Å². The van der Waals surface area contributed by atoms with Gasteiger partial charge in [-0.2, -0.15) is 17.9 Å². The Labute approximate surface area is 174 Å². The third kappa shape index (κ3) is 3.62. The van der Waals surface area contributed by atoms with E-state index in [-0.39, 0.29) is 5.52 Å². The highest BCUT2D eigenvalue weighted by molar-refractivity contribution is 5.89. The quantitative estimate of drug-likeness (QED) is 0.499. The molecule has 1 aliphatic heterocycles. The molecule has 0 atom stereocenters. The zero-order valence-corrected chi connectivity index (χ0v) is 16.2. The monoisotopic (exact) mass is 426 g/mol. The number of piperazine rings is 1. The first-order valence-electron chi connectivity index (χ1n) is 9.68. The van der Waals surface area contributed by atoms with Crippen LogP contribution in [-0.4, -0.2) is 56.4 Å². The third-order valence-electron chi connectivity index (χ3n) is 5.15. The SMILES string of the molecule is FC(F)(F)c1nc(N2CCN(c3nnnn3-c3ccccc3)CC2)c2ccccc2n1. The first-order valence-corrected chi connectivity index (χ1v) is 9.68. The van der Waals surface area contributed by atoms with Gasteiger partial charge in [0.2, 0.25) is 11.8 Å². The van der Waals surface area contributed by atoms with E-state index in [1.54, 1.807) is 28.9 Å². The number of hydrogen-bond acceptors (Lipinski definition) is 7. The largest absolute Gasteiger partial charge is 0.451 e. The van der Waals surface area contributed by atoms with Crippen molar-refractivity contribution in [3.63, 3.8) is 0 Å². The summed E-state index contributed by atoms with van der Waals surface area (Å²) in [7, 11) is 0. The standard InChI is InChI=1S/C20H17F3N8/c21-20(22,23)18-24-16-9-5-4-8-15(16)17(25-18)29-10-12-30(13-11-29)19-26-27-28-31(19)14-6-2-1-3-7-14/h1-9H,10-13H2. The zero-order chi connectivity index (χ0) is 21.4. The first-order chi connectivity index (χ1) is 15.0. The van der Waals surface area contributed by atoms with Crippen molar-refractivity contribution in [2.75, 3.05) is 36.0 Å². The van der Waals surface area contributed by atoms with Crippen molar-refractivity contribution in [1.82, 2.24) is 30.2 Å². The molecule has 0 radical (unpaired) electrons. The van der Waals surface area contributed by atoms with Gasteiger partial charge in [-0.15, -0.1) is 0 Å². The Hall–Kier alpha value is -3.76. The Balaban J connectivity index is 1.42. The van der Waals surface area contributed by atoms with Gasteiger partial charge in [0, 0.05) is 31.6 Å². The number of tetrazole rings is 1. The van der Waals surface area contributed by atoms with Crippen LogP contribution in [0.25, 0.3) is 16.6 Å². The second kappa shape index (κ2) is 7.49. The van der Waals surface area contributed by atoms with E-state index in [1.165, 1.54) is 0 Å². The lowest BCUT2D eigenvalue weighted by molar-refractivity contribution is -0.144. The van der Waals surface area contributed by atoms with Gasteiger partial charge in [-0.25, -0.2) is 9.97 Å². The van der Waals surface area contributed by atoms with Crippen molar-refractivity contribution in [2.45, 2.75) is 6.18 Å². The molecular weight excluding hydrogens is 409 g/mol. The molecule has 0 saturated carbocycles. The van der Waals surface area contributed by atoms with Gasteiger partial charge in [-0.1, -0.05) is 35.4 Å². The average molecular weight is 426 g/mol. The smallest absolute Gasteiger partial charge is 0.352 e. The molecule has 1 fully saturated rings. The summed E-state index contributed by atoms with van der Waals surface area (Å²) in [5.74, 6) is -0.244. The van der Waals surface area contributed by atoms with Crippen LogP contribution in [0.3, 0.4) is 0 Å². The summed E-state index contributed by atoms with van der Waals surface area (Å²) in [5, 5.41) is 12.6. The molecule has 3 heterocycles. The highest BCUT2D eigenvalue weighted by atomic mass is 19.4. The third-order valence-corrected chi connectivity index (χ3v) is 5.15. The summed E-state index contributed by atoms with van der Waals surface area (Å²) in [6.45, 7) is 2.01. The molecular formula is C20H17F3N8. The predicted octanol–water partition coefficient (Wildman–Crippen LogP) is 2.95. The maximum atomic E-state index is 13.3. The number of halogens is 3. The van der Waals surface area contributed by atoms with Gasteiger partial charge in [0.1, 0.15) is 5.82 Å². The van der Waals surface area contributed by atoms with Crippen molar-refractivity contribution >= 4 is 22.7 Å². The topological polar surface area (TPSA) is 75.9 Å². The predicted molar refractivity (Wildman–Crippen MR) is 108 cm³/mol. The van der Waals surface area contributed by atoms with E-state index >= 15 is 0 Å². The number of nitrogens with zero attached hydrogens (tertiary/aromatic N) is 8. The highest BCUT2D eigenvalue weighted by Crippen LogP contribution is 2.32. The van der Waals surface area contributed by atoms with Crippen molar-refractivity contribution in [2.24, 2.45) is 0 Å². The summed E-state index contributed by atoms with van der Waals surface area (Å²) < 4.78 is 41.7. The molecule has 4 aromatic rings. The van der Waals surface area contributed by atoms with E-state index in [0.29, 0.717) is 43.3 Å². The van der Waals surface area contributed by atoms with E-state index in [0.717, 1.165) is 5.69 Å². The first kappa shape index (κ1) is 19.2. The maximum absolute atomic E-state index is 13.3. The van der Waals surface area contributed by atoms with Crippen LogP contribution in [0.15, 0.2) is 54.6 Å². The lowest BCUT2D eigenvalue weighted by atomic mass is 10.2. The Morgan fingerprint density at radius 1 is 0.774 bits per heavy atom. The molecule has 31 heavy (non-hydrogen) atoms. The Bertz CT molecular complexity index is 1200. The number of benzene rings is 2. The lowest BCUT2D eigenvalue weighted by Gasteiger charge is -2.36. The van der Waals surface area contributed by atoms with Gasteiger partial charge in [0.15, 0.2) is 0 Å². The van der Waals surface area contributed by atoms with Crippen LogP contribution < -0.4 is 9.80 Å². The van der Waals surface area contributed by atoms with Gasteiger partial charge >= 0.3 is 6.18 Å². The lowest BCUT2D eigenvalue weighted by Crippen LogP contribution is -2.48. The van der Waals surface area contributed by atoms with Crippen molar-refractivity contribution in [3.8, 4) is 5.69 Å². The van der Waals surface area contributed by atoms with Crippen LogP contribution in [0.1, 0.15) is 5.82 Å². The van der Waals surface area contributed by atoms with Crippen LogP contribution >= 0.6 is 0 Å². The van der Waals surface area contributed by atoms with E-state index in [9.17, 15) is 13.2 Å². The summed E-state index contributed by atoms with van der Waals surface area (Å²) >= 11 is 0. The molecule has 5 rings (SSSR count). The molecule has 0 bridgehead atoms. The number of alkyl halides is 3. The fraction of sp³-hybridized carbons (Fsp3) is 0.250. The normalized spacial score (nSPS) is 14.9. The van der Waals surface area contributed by atoms with Crippen LogP contribution in [0.4, 0.5) is 24.9 Å². The van der Waals surface area contributed by atoms with Gasteiger partial charge < -0.3 is 9.80 Å². The second-order valence-corrected chi connectivity index (χ2v) is 7.09. The van der Waals surface area contributed by atoms with Gasteiger partial charge in [-0.3, -0.25) is 0 Å². The molecule has 2 aromatic heterocycles. The van der Waals surface area contributed by atoms with Gasteiger partial charge in [0.25, 0.3) is 0 Å². The fourth-order valence-electron chi connectivity index (χ4n) is 3.66. The van der Waals surface area contributed by atoms with Crippen molar-refractivity contribution in [1.29, 1.82) is 0 Å². The minimum absolute atomic E-state index is 0.273. The minimum atomic E-state index is -4.61. The Morgan fingerprint density at radius 2 is 1.45 bits per heavy atom. The van der Waals surface area contributed by atoms with E-state index in [4.69, 9.17) is 0 Å². The van der Waals surface area contributed by atoms with Gasteiger partial charge in [-0.05, 0) is 34.7 Å². The second-order valence-electron chi connectivity index (χ2n) is 7.09. The number of aromatic nitrogens is 6. The summed E-state index contributed by atoms with van der Waals surface area (Å²) in [6.07, 6.45) is -4.61. The molecule has 0 amide bonds. The molecule has 0 aliphatic carbocycles. The summed E-state index contributed by atoms with van der Waals surface area (Å²) in [6, 6.07) is 16.3. The number of para-hydroxylation sites is 2. The molecule has 8 nitrogen and oxygen atoms in total. The number of anilines is 2. The average Bonchev–Trinajstić information content (AvgIpc) is 3.28. The van der Waals surface area contributed by atoms with E-state index in [1.807, 2.05) is 40.1 Å². The van der Waals surface area contributed by atoms with E-state index in [2.05, 4.69) is 25.5 Å². The molecule has 1 aliphatic rings. The number of rotatable bonds is 3. The van der Waals surface area contributed by atoms with Crippen molar-refractivity contribution < 1.29 is 13.2 Å². The minimum Gasteiger partial charge on any atom is -0.352 e. The molecule has 0 N–H and O–H groups in total. The molecule has 158 valence electrons. The maximum Gasteiger partial charge on any atom is 0.451 e. The molecule has 0 spiro atoms. The fourth-order valence-corrected chi connectivity index (χ4v) is 3.66. The highest BCUT2D eigenvalue weighted by Gasteiger charge is 2.36. The Kier molecular flexibility index (Phi) is 4.64. The summed E-state index contributed by atoms with van der Waals surface area (Å²) in [5.41, 5.74) is 1.11. The van der Waals surface area contributed by atoms with Crippen LogP contribution in [0.2, 0.25) is 0 Å². The van der Waals surface area contributed by atoms with Crippen LogP contribution in [0.5, 0.6) is 0 Å². The van der Waals surface area contributed by atoms with Gasteiger partial charge in [0.05, 0.1) is 11.2 Å². The number of fused-ring (bicyclic) bond motifs is 1. The molecule has 2 aromatic carbocycles. The number of hydrogen-bond donors (Lipinski definition) is 0.